The van der Waals surface area contributed by atoms with E-state index in [2.05, 4.69) is 33.4 Å². The Morgan fingerprint density at radius 2 is 2.19 bits per heavy atom. The van der Waals surface area contributed by atoms with Gasteiger partial charge in [0.1, 0.15) is 0 Å². The standard InChI is InChI=1S/C12H18BrNOS/c1-14-9-12(4-6-15-7-5-12)8-10-2-3-11(13)16-10/h2-3,14H,4-9H2,1H3. The van der Waals surface area contributed by atoms with Gasteiger partial charge >= 0.3 is 0 Å². The van der Waals surface area contributed by atoms with Crippen molar-refractivity contribution in [2.75, 3.05) is 26.8 Å². The molecule has 0 aliphatic carbocycles. The number of hydrogen-bond acceptors (Lipinski definition) is 3. The summed E-state index contributed by atoms with van der Waals surface area (Å²) in [5.41, 5.74) is 0.400. The van der Waals surface area contributed by atoms with Crippen molar-refractivity contribution in [1.82, 2.24) is 5.32 Å². The summed E-state index contributed by atoms with van der Waals surface area (Å²) in [6.07, 6.45) is 3.51. The molecular formula is C12H18BrNOS. The Morgan fingerprint density at radius 1 is 1.44 bits per heavy atom. The van der Waals surface area contributed by atoms with Gasteiger partial charge in [0.2, 0.25) is 0 Å². The van der Waals surface area contributed by atoms with Crippen LogP contribution < -0.4 is 5.32 Å². The maximum Gasteiger partial charge on any atom is 0.0701 e. The summed E-state index contributed by atoms with van der Waals surface area (Å²) in [5.74, 6) is 0. The molecule has 0 atom stereocenters. The molecule has 1 fully saturated rings. The number of hydrogen-bond donors (Lipinski definition) is 1. The largest absolute Gasteiger partial charge is 0.381 e. The van der Waals surface area contributed by atoms with E-state index in [1.807, 2.05) is 18.4 Å². The molecule has 90 valence electrons. The first-order valence-electron chi connectivity index (χ1n) is 5.71. The van der Waals surface area contributed by atoms with Gasteiger partial charge in [0.05, 0.1) is 3.79 Å². The molecular weight excluding hydrogens is 286 g/mol. The van der Waals surface area contributed by atoms with Gasteiger partial charge in [-0.3, -0.25) is 0 Å². The first-order chi connectivity index (χ1) is 7.74. The van der Waals surface area contributed by atoms with Crippen LogP contribution in [0.1, 0.15) is 17.7 Å². The van der Waals surface area contributed by atoms with Gasteiger partial charge in [-0.15, -0.1) is 11.3 Å². The Morgan fingerprint density at radius 3 is 2.75 bits per heavy atom. The van der Waals surface area contributed by atoms with Crippen LogP contribution in [0.2, 0.25) is 0 Å². The van der Waals surface area contributed by atoms with Crippen molar-refractivity contribution in [3.05, 3.63) is 20.8 Å². The van der Waals surface area contributed by atoms with Gasteiger partial charge in [-0.1, -0.05) is 0 Å². The average Bonchev–Trinajstić information content (AvgIpc) is 2.65. The fourth-order valence-electron chi connectivity index (χ4n) is 2.41. The SMILES string of the molecule is CNCC1(Cc2ccc(Br)s2)CCOCC1. The zero-order valence-corrected chi connectivity index (χ0v) is 12.0. The molecule has 1 saturated heterocycles. The van der Waals surface area contributed by atoms with Crippen molar-refractivity contribution in [2.24, 2.45) is 5.41 Å². The Labute approximate surface area is 110 Å². The van der Waals surface area contributed by atoms with Crippen molar-refractivity contribution in [2.45, 2.75) is 19.3 Å². The fraction of sp³-hybridized carbons (Fsp3) is 0.667. The molecule has 1 N–H and O–H groups in total. The van der Waals surface area contributed by atoms with E-state index < -0.39 is 0 Å². The molecule has 1 aromatic heterocycles. The van der Waals surface area contributed by atoms with Gasteiger partial charge in [-0.25, -0.2) is 0 Å². The predicted octanol–water partition coefficient (Wildman–Crippen LogP) is 3.07. The van der Waals surface area contributed by atoms with E-state index in [4.69, 9.17) is 4.74 Å². The molecule has 0 aromatic carbocycles. The molecule has 2 heterocycles. The molecule has 0 spiro atoms. The second-order valence-electron chi connectivity index (χ2n) is 4.53. The minimum Gasteiger partial charge on any atom is -0.381 e. The molecule has 1 aromatic rings. The van der Waals surface area contributed by atoms with Crippen LogP contribution in [0.15, 0.2) is 15.9 Å². The minimum absolute atomic E-state index is 0.400. The smallest absolute Gasteiger partial charge is 0.0701 e. The maximum atomic E-state index is 5.48. The van der Waals surface area contributed by atoms with Gasteiger partial charge in [0, 0.05) is 24.6 Å². The first kappa shape index (κ1) is 12.6. The molecule has 16 heavy (non-hydrogen) atoms. The number of nitrogens with one attached hydrogen (secondary N) is 1. The van der Waals surface area contributed by atoms with E-state index in [9.17, 15) is 0 Å². The maximum absolute atomic E-state index is 5.48. The van der Waals surface area contributed by atoms with Gasteiger partial charge in [0.15, 0.2) is 0 Å². The summed E-state index contributed by atoms with van der Waals surface area (Å²) in [6.45, 7) is 2.91. The van der Waals surface area contributed by atoms with Crippen LogP contribution in [0.3, 0.4) is 0 Å². The number of halogens is 1. The van der Waals surface area contributed by atoms with Crippen molar-refractivity contribution < 1.29 is 4.74 Å². The molecule has 0 radical (unpaired) electrons. The van der Waals surface area contributed by atoms with Crippen LogP contribution in [0.25, 0.3) is 0 Å². The zero-order valence-electron chi connectivity index (χ0n) is 9.59. The second kappa shape index (κ2) is 5.63. The van der Waals surface area contributed by atoms with Gasteiger partial charge < -0.3 is 10.1 Å². The van der Waals surface area contributed by atoms with Gasteiger partial charge in [-0.05, 0) is 59.8 Å². The third-order valence-corrected chi connectivity index (χ3v) is 4.91. The molecule has 2 rings (SSSR count). The van der Waals surface area contributed by atoms with Crippen LogP contribution in [0.4, 0.5) is 0 Å². The Bertz CT molecular complexity index is 328. The van der Waals surface area contributed by atoms with Crippen LogP contribution in [-0.4, -0.2) is 26.8 Å². The summed E-state index contributed by atoms with van der Waals surface area (Å²) < 4.78 is 6.71. The minimum atomic E-state index is 0.400. The van der Waals surface area contributed by atoms with Crippen molar-refractivity contribution in [1.29, 1.82) is 0 Å². The zero-order chi connectivity index (χ0) is 11.4. The highest BCUT2D eigenvalue weighted by Gasteiger charge is 2.32. The predicted molar refractivity (Wildman–Crippen MR) is 72.1 cm³/mol. The number of ether oxygens (including phenoxy) is 1. The normalized spacial score (nSPS) is 19.9. The van der Waals surface area contributed by atoms with Crippen LogP contribution in [-0.2, 0) is 11.2 Å². The van der Waals surface area contributed by atoms with Crippen molar-refractivity contribution >= 4 is 27.3 Å². The molecule has 1 aliphatic rings. The van der Waals surface area contributed by atoms with E-state index in [-0.39, 0.29) is 0 Å². The van der Waals surface area contributed by atoms with E-state index >= 15 is 0 Å². The molecule has 0 bridgehead atoms. The summed E-state index contributed by atoms with van der Waals surface area (Å²) in [7, 11) is 2.04. The van der Waals surface area contributed by atoms with Crippen LogP contribution in [0, 0.1) is 5.41 Å². The number of thiophene rings is 1. The third kappa shape index (κ3) is 3.06. The lowest BCUT2D eigenvalue weighted by Gasteiger charge is -2.37. The quantitative estimate of drug-likeness (QED) is 0.923. The van der Waals surface area contributed by atoms with E-state index in [0.717, 1.165) is 19.8 Å². The molecule has 0 saturated carbocycles. The molecule has 1 aliphatic heterocycles. The second-order valence-corrected chi connectivity index (χ2v) is 7.07. The topological polar surface area (TPSA) is 21.3 Å². The number of rotatable bonds is 4. The molecule has 4 heteroatoms. The van der Waals surface area contributed by atoms with E-state index in [1.54, 1.807) is 0 Å². The van der Waals surface area contributed by atoms with E-state index in [0.29, 0.717) is 5.41 Å². The summed E-state index contributed by atoms with van der Waals surface area (Å²) in [4.78, 5) is 1.48. The lowest BCUT2D eigenvalue weighted by Crippen LogP contribution is -2.39. The summed E-state index contributed by atoms with van der Waals surface area (Å²) >= 11 is 5.39. The van der Waals surface area contributed by atoms with Crippen molar-refractivity contribution in [3.8, 4) is 0 Å². The molecule has 2 nitrogen and oxygen atoms in total. The Balaban J connectivity index is 2.06. The fourth-order valence-corrected chi connectivity index (χ4v) is 4.07. The lowest BCUT2D eigenvalue weighted by atomic mass is 9.77. The highest BCUT2D eigenvalue weighted by atomic mass is 79.9. The third-order valence-electron chi connectivity index (χ3n) is 3.28. The highest BCUT2D eigenvalue weighted by Crippen LogP contribution is 2.36. The Hall–Kier alpha value is 0.1000. The molecule has 0 unspecified atom stereocenters. The highest BCUT2D eigenvalue weighted by molar-refractivity contribution is 9.11. The Kier molecular flexibility index (Phi) is 4.41. The summed E-state index contributed by atoms with van der Waals surface area (Å²) in [5, 5.41) is 3.34. The molecule has 0 amide bonds. The first-order valence-corrected chi connectivity index (χ1v) is 7.32. The van der Waals surface area contributed by atoms with Gasteiger partial charge in [-0.2, -0.15) is 0 Å². The van der Waals surface area contributed by atoms with E-state index in [1.165, 1.54) is 27.9 Å². The van der Waals surface area contributed by atoms with Crippen LogP contribution in [0.5, 0.6) is 0 Å². The van der Waals surface area contributed by atoms with Gasteiger partial charge in [0.25, 0.3) is 0 Å². The van der Waals surface area contributed by atoms with Crippen LogP contribution >= 0.6 is 27.3 Å². The average molecular weight is 304 g/mol. The van der Waals surface area contributed by atoms with Crippen molar-refractivity contribution in [3.63, 3.8) is 0 Å². The summed E-state index contributed by atoms with van der Waals surface area (Å²) in [6, 6.07) is 4.38. The monoisotopic (exact) mass is 303 g/mol. The lowest BCUT2D eigenvalue weighted by molar-refractivity contribution is 0.0162.